The largest absolute Gasteiger partial charge is 1.00 e. The molecule has 5 heteroatoms. The zero-order valence-electron chi connectivity index (χ0n) is 26.5. The summed E-state index contributed by atoms with van der Waals surface area (Å²) < 4.78 is 1.51. The number of allylic oxidation sites excluding steroid dienone is 12. The Bertz CT molecular complexity index is 1450. The zero-order valence-corrected chi connectivity index (χ0v) is 32.1. The molecule has 0 nitrogen and oxygen atoms in total. The fourth-order valence-corrected chi connectivity index (χ4v) is 6.81. The van der Waals surface area contributed by atoms with Crippen LogP contribution < -0.4 is 24.8 Å². The van der Waals surface area contributed by atoms with Gasteiger partial charge in [0.2, 0.25) is 0 Å². The predicted octanol–water partition coefficient (Wildman–Crippen LogP) is 4.61. The van der Waals surface area contributed by atoms with E-state index in [1.54, 1.807) is 24.2 Å². The number of benzene rings is 2. The van der Waals surface area contributed by atoms with Crippen LogP contribution in [0.1, 0.15) is 78.4 Å². The van der Waals surface area contributed by atoms with Crippen molar-refractivity contribution in [2.45, 2.75) is 67.2 Å². The van der Waals surface area contributed by atoms with E-state index in [9.17, 15) is 0 Å². The summed E-state index contributed by atoms with van der Waals surface area (Å²) >= 11 is 12.8. The molecule has 0 N–H and O–H groups in total. The number of thiocarbonyl (C=S) groups is 2. The van der Waals surface area contributed by atoms with Gasteiger partial charge in [0.05, 0.1) is 0 Å². The topological polar surface area (TPSA) is 0 Å². The Morgan fingerprint density at radius 1 is 0.614 bits per heavy atom. The van der Waals surface area contributed by atoms with E-state index in [1.807, 2.05) is 0 Å². The molecule has 0 radical (unpaired) electrons. The Morgan fingerprint density at radius 2 is 0.932 bits per heavy atom. The first-order valence-electron chi connectivity index (χ1n) is 15.1. The van der Waals surface area contributed by atoms with E-state index in [2.05, 4.69) is 127 Å². The number of rotatable bonds is 6. The molecule has 0 saturated carbocycles. The van der Waals surface area contributed by atoms with Gasteiger partial charge in [-0.3, -0.25) is 12.2 Å². The molecular weight excluding hydrogens is 695 g/mol. The quantitative estimate of drug-likeness (QED) is 0.315. The third-order valence-corrected chi connectivity index (χ3v) is 8.84. The summed E-state index contributed by atoms with van der Waals surface area (Å²) in [6, 6.07) is 21.2. The minimum Gasteiger partial charge on any atom is -1.00 e. The summed E-state index contributed by atoms with van der Waals surface area (Å²) in [4.78, 5) is 2.10. The van der Waals surface area contributed by atoms with Crippen LogP contribution in [0.3, 0.4) is 0 Å². The Labute approximate surface area is 303 Å². The molecule has 44 heavy (non-hydrogen) atoms. The van der Waals surface area contributed by atoms with E-state index < -0.39 is 0 Å². The second kappa shape index (κ2) is 17.9. The van der Waals surface area contributed by atoms with Crippen LogP contribution >= 0.6 is 24.4 Å². The molecule has 2 unspecified atom stereocenters. The number of hydrogen-bond donors (Lipinski definition) is 0. The maximum absolute atomic E-state index is 5.63. The van der Waals surface area contributed by atoms with Gasteiger partial charge in [-0.05, 0) is 35.1 Å². The molecule has 0 aromatic heterocycles. The van der Waals surface area contributed by atoms with Crippen molar-refractivity contribution in [2.75, 3.05) is 0 Å². The molecule has 0 amide bonds. The first-order chi connectivity index (χ1) is 20.2. The van der Waals surface area contributed by atoms with Gasteiger partial charge >= 0.3 is 41.3 Å². The molecule has 2 aromatic carbocycles. The summed E-state index contributed by atoms with van der Waals surface area (Å²) in [6.07, 6.45) is 15.9. The van der Waals surface area contributed by atoms with Crippen LogP contribution in [-0.2, 0) is 24.2 Å². The van der Waals surface area contributed by atoms with Crippen molar-refractivity contribution in [1.82, 2.24) is 0 Å². The van der Waals surface area contributed by atoms with Gasteiger partial charge in [0.1, 0.15) is 0 Å². The minimum absolute atomic E-state index is 0. The summed E-state index contributed by atoms with van der Waals surface area (Å²) in [5, 5.41) is 0. The van der Waals surface area contributed by atoms with Crippen LogP contribution in [0.4, 0.5) is 0 Å². The van der Waals surface area contributed by atoms with Crippen LogP contribution in [0.2, 0.25) is 0 Å². The van der Waals surface area contributed by atoms with Crippen molar-refractivity contribution in [1.29, 1.82) is 0 Å². The summed E-state index contributed by atoms with van der Waals surface area (Å²) in [6.45, 7) is 13.0. The number of fused-ring (bicyclic) bond motifs is 2. The molecule has 0 aliphatic heterocycles. The van der Waals surface area contributed by atoms with E-state index in [1.165, 1.54) is 58.9 Å². The van der Waals surface area contributed by atoms with Crippen molar-refractivity contribution >= 4 is 48.5 Å². The van der Waals surface area contributed by atoms with E-state index in [0.29, 0.717) is 0 Å². The van der Waals surface area contributed by atoms with Crippen molar-refractivity contribution in [3.8, 4) is 0 Å². The maximum Gasteiger partial charge on any atom is -1.00 e. The van der Waals surface area contributed by atoms with Crippen molar-refractivity contribution in [2.24, 2.45) is 11.8 Å². The van der Waals surface area contributed by atoms with Gasteiger partial charge in [-0.25, -0.2) is 35.6 Å². The minimum atomic E-state index is 0. The van der Waals surface area contributed by atoms with E-state index in [0.717, 1.165) is 35.4 Å². The van der Waals surface area contributed by atoms with Gasteiger partial charge in [-0.1, -0.05) is 136 Å². The third kappa shape index (κ3) is 8.40. The molecule has 0 spiro atoms. The Kier molecular flexibility index (Phi) is 15.7. The molecular formula is C39H40Cl2S2Zr-2. The first-order valence-corrected chi connectivity index (χ1v) is 17.2. The molecule has 2 atom stereocenters. The fourth-order valence-electron chi connectivity index (χ4n) is 5.91. The Morgan fingerprint density at radius 3 is 1.20 bits per heavy atom. The molecule has 228 valence electrons. The van der Waals surface area contributed by atoms with Crippen LogP contribution in [0.5, 0.6) is 0 Å². The number of hydrogen-bond acceptors (Lipinski definition) is 2. The molecule has 0 heterocycles. The molecule has 2 aromatic rings. The SMILES string of the molecule is CCC1=[C-]C2C(c3ccccc3)=CC(CC)=C2C1=S.CCC1=[C-]C2C(c3ccccc3)=CC(CC)=C2C1=S.C[C](C)=[Zr+2].[Cl-].[Cl-]. The van der Waals surface area contributed by atoms with Gasteiger partial charge in [0.15, 0.2) is 0 Å². The van der Waals surface area contributed by atoms with Gasteiger partial charge in [0, 0.05) is 0 Å². The second-order valence-electron chi connectivity index (χ2n) is 11.0. The standard InChI is InChI=1S/2C18H17S.C3H6.2ClH.Zr/c2*1-3-12-10-15(14-8-6-5-7-9-14)16-11-13(4-2)18(19)17(12)16;1-3-2;;;/h2*5-10,16H,3-4H2,1-2H3;1-2H3;2*1H;/q2*-1;;;;+2/p-2. The van der Waals surface area contributed by atoms with E-state index in [4.69, 9.17) is 24.4 Å². The second-order valence-corrected chi connectivity index (χ2v) is 14.3. The average Bonchev–Trinajstić information content (AvgIpc) is 3.74. The summed E-state index contributed by atoms with van der Waals surface area (Å²) in [5.41, 5.74) is 13.2. The van der Waals surface area contributed by atoms with Crippen LogP contribution in [0, 0.1) is 24.0 Å². The molecule has 6 rings (SSSR count). The maximum atomic E-state index is 5.63. The van der Waals surface area contributed by atoms with Crippen LogP contribution in [-0.4, -0.2) is 12.9 Å². The third-order valence-electron chi connectivity index (χ3n) is 7.91. The molecule has 0 fully saturated rings. The van der Waals surface area contributed by atoms with E-state index in [-0.39, 0.29) is 36.6 Å². The zero-order chi connectivity index (χ0) is 30.4. The normalized spacial score (nSPS) is 19.3. The van der Waals surface area contributed by atoms with Crippen molar-refractivity contribution in [3.63, 3.8) is 0 Å². The molecule has 4 aliphatic rings. The first kappa shape index (κ1) is 38.6. The monoisotopic (exact) mass is 732 g/mol. The average molecular weight is 735 g/mol. The molecule has 4 aliphatic carbocycles. The summed E-state index contributed by atoms with van der Waals surface area (Å²) in [7, 11) is 0. The number of halogens is 2. The van der Waals surface area contributed by atoms with E-state index >= 15 is 0 Å². The smallest absolute Gasteiger partial charge is 1.00 e. The van der Waals surface area contributed by atoms with Crippen molar-refractivity contribution in [3.05, 3.63) is 130 Å². The fraction of sp³-hybridized carbons (Fsp3) is 0.308. The molecule has 0 saturated heterocycles. The predicted molar refractivity (Wildman–Crippen MR) is 186 cm³/mol. The van der Waals surface area contributed by atoms with Gasteiger partial charge < -0.3 is 24.8 Å². The van der Waals surface area contributed by atoms with Gasteiger partial charge in [-0.2, -0.15) is 0 Å². The Balaban J connectivity index is 0.000000263. The van der Waals surface area contributed by atoms with Gasteiger partial charge in [0.25, 0.3) is 0 Å². The van der Waals surface area contributed by atoms with Crippen LogP contribution in [0.25, 0.3) is 11.1 Å². The Hall–Kier alpha value is -1.61. The van der Waals surface area contributed by atoms with Gasteiger partial charge in [-0.15, -0.1) is 20.9 Å². The van der Waals surface area contributed by atoms with Crippen molar-refractivity contribution < 1.29 is 49.0 Å². The molecule has 0 bridgehead atoms. The van der Waals surface area contributed by atoms with Crippen LogP contribution in [0.15, 0.2) is 106 Å². The summed E-state index contributed by atoms with van der Waals surface area (Å²) in [5.74, 6) is 0.555.